The van der Waals surface area contributed by atoms with Gasteiger partial charge in [0.05, 0.1) is 16.8 Å². The van der Waals surface area contributed by atoms with E-state index in [0.717, 1.165) is 22.4 Å². The number of hydrogen-bond acceptors (Lipinski definition) is 5. The van der Waals surface area contributed by atoms with Crippen LogP contribution in [0.1, 0.15) is 16.7 Å². The molecule has 2 aromatic heterocycles. The van der Waals surface area contributed by atoms with E-state index in [-0.39, 0.29) is 10.7 Å². The first-order chi connectivity index (χ1) is 12.4. The molecule has 2 heterocycles. The Morgan fingerprint density at radius 2 is 1.73 bits per heavy atom. The quantitative estimate of drug-likeness (QED) is 0.696. The highest BCUT2D eigenvalue weighted by atomic mass is 32.2. The van der Waals surface area contributed by atoms with Crippen molar-refractivity contribution in [1.82, 2.24) is 9.97 Å². The summed E-state index contributed by atoms with van der Waals surface area (Å²) in [6.07, 6.45) is 5.07. The molecular weight excluding hydrogens is 348 g/mol. The minimum atomic E-state index is -3.66. The molecule has 134 valence electrons. The van der Waals surface area contributed by atoms with Gasteiger partial charge in [-0.3, -0.25) is 9.71 Å². The molecular formula is C19H20N4O2S. The number of sulfonamides is 1. The minimum Gasteiger partial charge on any atom is -0.380 e. The maximum absolute atomic E-state index is 12.5. The molecule has 0 unspecified atom stereocenters. The SMILES string of the molecule is Cc1ccc(S(=O)(=O)Nc2ccc(NCc3ccncc3)cn2)cc1C. The highest BCUT2D eigenvalue weighted by Crippen LogP contribution is 2.19. The van der Waals surface area contributed by atoms with Gasteiger partial charge in [0.25, 0.3) is 10.0 Å². The van der Waals surface area contributed by atoms with E-state index in [0.29, 0.717) is 6.54 Å². The summed E-state index contributed by atoms with van der Waals surface area (Å²) < 4.78 is 27.5. The number of aromatic nitrogens is 2. The molecule has 6 nitrogen and oxygen atoms in total. The maximum Gasteiger partial charge on any atom is 0.263 e. The highest BCUT2D eigenvalue weighted by molar-refractivity contribution is 7.92. The van der Waals surface area contributed by atoms with Gasteiger partial charge in [0.2, 0.25) is 0 Å². The Hall–Kier alpha value is -2.93. The molecule has 0 saturated heterocycles. The van der Waals surface area contributed by atoms with E-state index in [4.69, 9.17) is 0 Å². The molecule has 0 aliphatic heterocycles. The van der Waals surface area contributed by atoms with E-state index < -0.39 is 10.0 Å². The van der Waals surface area contributed by atoms with Crippen LogP contribution in [0, 0.1) is 13.8 Å². The molecule has 0 aliphatic rings. The van der Waals surface area contributed by atoms with Crippen LogP contribution in [0.4, 0.5) is 11.5 Å². The van der Waals surface area contributed by atoms with Crippen molar-refractivity contribution in [1.29, 1.82) is 0 Å². The minimum absolute atomic E-state index is 0.224. The topological polar surface area (TPSA) is 84.0 Å². The van der Waals surface area contributed by atoms with Crippen molar-refractivity contribution in [3.05, 3.63) is 77.7 Å². The Labute approximate surface area is 153 Å². The molecule has 3 rings (SSSR count). The van der Waals surface area contributed by atoms with Crippen molar-refractivity contribution in [2.45, 2.75) is 25.3 Å². The van der Waals surface area contributed by atoms with Crippen molar-refractivity contribution in [3.8, 4) is 0 Å². The summed E-state index contributed by atoms with van der Waals surface area (Å²) in [5.74, 6) is 0.276. The summed E-state index contributed by atoms with van der Waals surface area (Å²) >= 11 is 0. The monoisotopic (exact) mass is 368 g/mol. The first-order valence-electron chi connectivity index (χ1n) is 8.13. The third-order valence-corrected chi connectivity index (χ3v) is 5.39. The lowest BCUT2D eigenvalue weighted by atomic mass is 10.1. The average Bonchev–Trinajstić information content (AvgIpc) is 2.64. The molecule has 0 saturated carbocycles. The Morgan fingerprint density at radius 3 is 2.38 bits per heavy atom. The molecule has 0 atom stereocenters. The molecule has 0 fully saturated rings. The van der Waals surface area contributed by atoms with Crippen LogP contribution in [-0.2, 0) is 16.6 Å². The predicted molar refractivity (Wildman–Crippen MR) is 103 cm³/mol. The molecule has 0 aliphatic carbocycles. The number of anilines is 2. The fraction of sp³-hybridized carbons (Fsp3) is 0.158. The Morgan fingerprint density at radius 1 is 0.962 bits per heavy atom. The zero-order valence-corrected chi connectivity index (χ0v) is 15.4. The number of pyridine rings is 2. The van der Waals surface area contributed by atoms with Gasteiger partial charge < -0.3 is 5.32 Å². The van der Waals surface area contributed by atoms with Crippen LogP contribution in [0.5, 0.6) is 0 Å². The Balaban J connectivity index is 1.67. The zero-order valence-electron chi connectivity index (χ0n) is 14.6. The van der Waals surface area contributed by atoms with Gasteiger partial charge in [-0.25, -0.2) is 13.4 Å². The molecule has 2 N–H and O–H groups in total. The van der Waals surface area contributed by atoms with Crippen molar-refractivity contribution >= 4 is 21.5 Å². The van der Waals surface area contributed by atoms with Gasteiger partial charge in [0, 0.05) is 18.9 Å². The van der Waals surface area contributed by atoms with E-state index >= 15 is 0 Å². The van der Waals surface area contributed by atoms with Gasteiger partial charge in [-0.1, -0.05) is 6.07 Å². The van der Waals surface area contributed by atoms with Gasteiger partial charge in [-0.05, 0) is 66.9 Å². The summed E-state index contributed by atoms with van der Waals surface area (Å²) in [5, 5.41) is 3.23. The maximum atomic E-state index is 12.5. The van der Waals surface area contributed by atoms with Gasteiger partial charge in [-0.2, -0.15) is 0 Å². The van der Waals surface area contributed by atoms with Crippen molar-refractivity contribution < 1.29 is 8.42 Å². The number of rotatable bonds is 6. The lowest BCUT2D eigenvalue weighted by Crippen LogP contribution is -2.14. The second kappa shape index (κ2) is 7.53. The lowest BCUT2D eigenvalue weighted by Gasteiger charge is -2.10. The summed E-state index contributed by atoms with van der Waals surface area (Å²) in [5.41, 5.74) is 3.87. The molecule has 0 radical (unpaired) electrons. The Bertz CT molecular complexity index is 988. The summed E-state index contributed by atoms with van der Waals surface area (Å²) in [6.45, 7) is 4.46. The van der Waals surface area contributed by atoms with E-state index in [1.54, 1.807) is 48.9 Å². The molecule has 3 aromatic rings. The fourth-order valence-corrected chi connectivity index (χ4v) is 3.43. The van der Waals surface area contributed by atoms with E-state index in [2.05, 4.69) is 20.0 Å². The largest absolute Gasteiger partial charge is 0.380 e. The molecule has 26 heavy (non-hydrogen) atoms. The molecule has 0 spiro atoms. The fourth-order valence-electron chi connectivity index (χ4n) is 2.34. The summed E-state index contributed by atoms with van der Waals surface area (Å²) in [6, 6.07) is 12.3. The Kier molecular flexibility index (Phi) is 5.18. The first kappa shape index (κ1) is 17.9. The van der Waals surface area contributed by atoms with E-state index in [9.17, 15) is 8.42 Å². The van der Waals surface area contributed by atoms with Crippen LogP contribution in [0.25, 0.3) is 0 Å². The lowest BCUT2D eigenvalue weighted by molar-refractivity contribution is 0.601. The summed E-state index contributed by atoms with van der Waals surface area (Å²) in [7, 11) is -3.66. The molecule has 0 bridgehead atoms. The van der Waals surface area contributed by atoms with Gasteiger partial charge in [-0.15, -0.1) is 0 Å². The van der Waals surface area contributed by atoms with Crippen LogP contribution in [-0.4, -0.2) is 18.4 Å². The van der Waals surface area contributed by atoms with Crippen LogP contribution in [0.2, 0.25) is 0 Å². The second-order valence-electron chi connectivity index (χ2n) is 5.99. The number of nitrogens with one attached hydrogen (secondary N) is 2. The van der Waals surface area contributed by atoms with E-state index in [1.165, 1.54) is 0 Å². The normalized spacial score (nSPS) is 11.2. The standard InChI is InChI=1S/C19H20N4O2S/c1-14-3-5-18(11-15(14)2)26(24,25)23-19-6-4-17(13-22-19)21-12-16-7-9-20-10-8-16/h3-11,13,21H,12H2,1-2H3,(H,22,23). The number of hydrogen-bond donors (Lipinski definition) is 2. The number of benzene rings is 1. The zero-order chi connectivity index (χ0) is 18.6. The predicted octanol–water partition coefficient (Wildman–Crippen LogP) is 3.51. The van der Waals surface area contributed by atoms with E-state index in [1.807, 2.05) is 26.0 Å². The molecule has 0 amide bonds. The smallest absolute Gasteiger partial charge is 0.263 e. The van der Waals surface area contributed by atoms with Gasteiger partial charge >= 0.3 is 0 Å². The van der Waals surface area contributed by atoms with Crippen LogP contribution in [0.3, 0.4) is 0 Å². The van der Waals surface area contributed by atoms with Crippen LogP contribution >= 0.6 is 0 Å². The van der Waals surface area contributed by atoms with Crippen molar-refractivity contribution in [2.24, 2.45) is 0 Å². The number of nitrogens with zero attached hydrogens (tertiary/aromatic N) is 2. The molecule has 7 heteroatoms. The highest BCUT2D eigenvalue weighted by Gasteiger charge is 2.15. The molecule has 1 aromatic carbocycles. The van der Waals surface area contributed by atoms with Gasteiger partial charge in [0.15, 0.2) is 0 Å². The third-order valence-electron chi connectivity index (χ3n) is 4.04. The second-order valence-corrected chi connectivity index (χ2v) is 7.68. The first-order valence-corrected chi connectivity index (χ1v) is 9.61. The summed E-state index contributed by atoms with van der Waals surface area (Å²) in [4.78, 5) is 8.38. The van der Waals surface area contributed by atoms with Crippen LogP contribution < -0.4 is 10.0 Å². The van der Waals surface area contributed by atoms with Crippen molar-refractivity contribution in [2.75, 3.05) is 10.0 Å². The van der Waals surface area contributed by atoms with Crippen molar-refractivity contribution in [3.63, 3.8) is 0 Å². The number of aryl methyl sites for hydroxylation is 2. The van der Waals surface area contributed by atoms with Gasteiger partial charge in [0.1, 0.15) is 5.82 Å². The van der Waals surface area contributed by atoms with Crippen LogP contribution in [0.15, 0.2) is 66.0 Å². The third kappa shape index (κ3) is 4.37. The average molecular weight is 368 g/mol.